The lowest BCUT2D eigenvalue weighted by Gasteiger charge is -2.52. The van der Waals surface area contributed by atoms with Gasteiger partial charge >= 0.3 is 5.97 Å². The monoisotopic (exact) mass is 764 g/mol. The molecule has 3 saturated heterocycles. The number of nitrogens with one attached hydrogen (secondary N) is 2. The Balaban J connectivity index is 1.14. The summed E-state index contributed by atoms with van der Waals surface area (Å²) in [6.07, 6.45) is 3.27. The number of carbonyl (C=O) groups is 5. The molecule has 0 aliphatic carbocycles. The van der Waals surface area contributed by atoms with Gasteiger partial charge in [0.2, 0.25) is 5.60 Å². The van der Waals surface area contributed by atoms with E-state index in [1.165, 1.54) is 35.9 Å². The molecule has 3 amide bonds. The van der Waals surface area contributed by atoms with Gasteiger partial charge in [-0.1, -0.05) is 5.16 Å². The number of aldehydes is 1. The highest BCUT2D eigenvalue weighted by Crippen LogP contribution is 2.45. The standard InChI is InChI=1S/C32H35F2N7O9S2/c1-32(2,30(48)49)50-39-22(19-12-52-31(35)37-19)27(46)38-23-28(47)40-20(10-42)13(11-51-29(23)40)9-41(3)15-4-5-16(41)7-14(6-15)36-26(45)17-8-18(33)24(43)25(44)21(17)34/h8,10,12,14-16,23,29H,4-7,9,11H2,1-3H3,(H6-,35,36,37,38,39,43,44,45,46,48,49)/p+1/t14-,15+,16-,23-,29-,41+/m1/s1. The Kier molecular flexibility index (Phi) is 9.68. The van der Waals surface area contributed by atoms with E-state index >= 15 is 0 Å². The predicted molar refractivity (Wildman–Crippen MR) is 182 cm³/mol. The number of aromatic nitrogens is 1. The first kappa shape index (κ1) is 37.0. The molecule has 278 valence electrons. The maximum atomic E-state index is 14.5. The van der Waals surface area contributed by atoms with Crippen molar-refractivity contribution in [2.24, 2.45) is 5.16 Å². The topological polar surface area (TPSA) is 234 Å². The van der Waals surface area contributed by atoms with Gasteiger partial charge in [-0.3, -0.25) is 24.1 Å². The Morgan fingerprint density at radius 3 is 2.46 bits per heavy atom. The van der Waals surface area contributed by atoms with Gasteiger partial charge in [-0.2, -0.15) is 0 Å². The van der Waals surface area contributed by atoms with Gasteiger partial charge in [0, 0.05) is 48.4 Å². The second-order valence-corrected chi connectivity index (χ2v) is 15.8. The number of allylic oxidation sites excluding steroid dienone is 1. The number of β-lactam (4-membered cyclic amide) rings is 1. The zero-order chi connectivity index (χ0) is 37.9. The third kappa shape index (κ3) is 6.42. The lowest BCUT2D eigenvalue weighted by Crippen LogP contribution is -2.71. The number of carboxylic acid groups (broad SMARTS) is 1. The molecule has 2 aromatic rings. The average molecular weight is 765 g/mol. The van der Waals surface area contributed by atoms with Crippen LogP contribution in [0.5, 0.6) is 11.5 Å². The van der Waals surface area contributed by atoms with Crippen LogP contribution >= 0.6 is 23.1 Å². The number of nitrogens with two attached hydrogens (primary N) is 1. The summed E-state index contributed by atoms with van der Waals surface area (Å²) in [6.45, 7) is 2.93. The van der Waals surface area contributed by atoms with Crippen LogP contribution in [0.4, 0.5) is 13.9 Å². The molecule has 0 spiro atoms. The third-order valence-corrected chi connectivity index (χ3v) is 12.3. The van der Waals surface area contributed by atoms with Crippen LogP contribution in [-0.2, 0) is 24.0 Å². The van der Waals surface area contributed by atoms with Crippen LogP contribution in [0.2, 0.25) is 0 Å². The molecule has 1 aromatic carbocycles. The molecular formula is C32H36F2N7O9S2+. The van der Waals surface area contributed by atoms with Crippen molar-refractivity contribution in [3.63, 3.8) is 0 Å². The van der Waals surface area contributed by atoms with Crippen molar-refractivity contribution in [3.8, 4) is 11.5 Å². The molecule has 1 aromatic heterocycles. The number of piperidine rings is 1. The van der Waals surface area contributed by atoms with Gasteiger partial charge in [-0.25, -0.2) is 18.6 Å². The molecule has 6 atom stereocenters. The molecule has 0 unspecified atom stereocenters. The lowest BCUT2D eigenvalue weighted by atomic mass is 9.92. The molecule has 6 rings (SSSR count). The number of amides is 3. The fourth-order valence-electron chi connectivity index (χ4n) is 7.29. The van der Waals surface area contributed by atoms with Gasteiger partial charge in [0.05, 0.1) is 30.4 Å². The maximum Gasteiger partial charge on any atom is 0.350 e. The molecule has 3 fully saturated rings. The van der Waals surface area contributed by atoms with Crippen molar-refractivity contribution in [1.82, 2.24) is 20.5 Å². The molecule has 4 aliphatic heterocycles. The molecule has 0 radical (unpaired) electrons. The zero-order valence-corrected chi connectivity index (χ0v) is 29.7. The van der Waals surface area contributed by atoms with Crippen molar-refractivity contribution in [2.75, 3.05) is 25.1 Å². The lowest BCUT2D eigenvalue weighted by molar-refractivity contribution is -0.944. The normalized spacial score (nSPS) is 27.1. The molecular weight excluding hydrogens is 729 g/mol. The van der Waals surface area contributed by atoms with E-state index in [9.17, 15) is 48.1 Å². The van der Waals surface area contributed by atoms with Crippen LogP contribution in [0, 0.1) is 11.6 Å². The number of carbonyl (C=O) groups excluding carboxylic acids is 4. The van der Waals surface area contributed by atoms with E-state index in [-0.39, 0.29) is 40.4 Å². The number of hydrogen-bond donors (Lipinski definition) is 6. The van der Waals surface area contributed by atoms with Gasteiger partial charge in [-0.05, 0) is 19.9 Å². The number of rotatable bonds is 11. The van der Waals surface area contributed by atoms with Crippen LogP contribution in [0.15, 0.2) is 27.9 Å². The second-order valence-electron chi connectivity index (χ2n) is 13.8. The Labute approximate surface area is 303 Å². The summed E-state index contributed by atoms with van der Waals surface area (Å²) >= 11 is 2.39. The van der Waals surface area contributed by atoms with Crippen LogP contribution in [0.25, 0.3) is 0 Å². The minimum Gasteiger partial charge on any atom is -0.502 e. The number of likely N-dealkylation sites (N-methyl/N-ethyl adjacent to an activating group) is 1. The average Bonchev–Trinajstić information content (AvgIpc) is 3.56. The Morgan fingerprint density at radius 2 is 1.87 bits per heavy atom. The summed E-state index contributed by atoms with van der Waals surface area (Å²) in [5, 5.41) is 38.6. The highest BCUT2D eigenvalue weighted by atomic mass is 32.2. The van der Waals surface area contributed by atoms with Crippen molar-refractivity contribution in [2.45, 2.75) is 74.7 Å². The number of phenols is 2. The molecule has 2 bridgehead atoms. The van der Waals surface area contributed by atoms with Crippen molar-refractivity contribution < 1.29 is 57.4 Å². The number of aliphatic carboxylic acids is 1. The van der Waals surface area contributed by atoms with Crippen molar-refractivity contribution in [3.05, 3.63) is 45.6 Å². The number of thiazole rings is 1. The summed E-state index contributed by atoms with van der Waals surface area (Å²) < 4.78 is 29.0. The van der Waals surface area contributed by atoms with Crippen molar-refractivity contribution >= 4 is 63.9 Å². The number of carboxylic acids is 1. The molecule has 16 nitrogen and oxygen atoms in total. The van der Waals surface area contributed by atoms with Crippen LogP contribution in [0.1, 0.15) is 55.6 Å². The van der Waals surface area contributed by atoms with E-state index in [2.05, 4.69) is 27.8 Å². The summed E-state index contributed by atoms with van der Waals surface area (Å²) in [5.41, 5.74) is 3.82. The van der Waals surface area contributed by atoms with Crippen molar-refractivity contribution in [1.29, 1.82) is 0 Å². The number of benzene rings is 1. The number of quaternary nitrogens is 1. The van der Waals surface area contributed by atoms with Crippen LogP contribution in [-0.4, -0.2) is 120 Å². The molecule has 52 heavy (non-hydrogen) atoms. The molecule has 5 heterocycles. The number of hydrogen-bond acceptors (Lipinski definition) is 13. The molecule has 20 heteroatoms. The smallest absolute Gasteiger partial charge is 0.350 e. The van der Waals surface area contributed by atoms with E-state index in [1.807, 2.05) is 0 Å². The number of nitrogens with zero attached hydrogens (tertiary/aromatic N) is 4. The Bertz CT molecular complexity index is 1920. The zero-order valence-electron chi connectivity index (χ0n) is 28.1. The minimum atomic E-state index is -1.78. The molecule has 0 saturated carbocycles. The van der Waals surface area contributed by atoms with E-state index in [0.29, 0.717) is 42.0 Å². The highest BCUT2D eigenvalue weighted by molar-refractivity contribution is 8.00. The largest absolute Gasteiger partial charge is 0.502 e. The summed E-state index contributed by atoms with van der Waals surface area (Å²) in [5.74, 6) is -8.61. The van der Waals surface area contributed by atoms with Gasteiger partial charge in [0.15, 0.2) is 40.3 Å². The quantitative estimate of drug-likeness (QED) is 0.0477. The molecule has 7 N–H and O–H groups in total. The number of nitrogen functional groups attached to an aromatic ring is 1. The van der Waals surface area contributed by atoms with E-state index < -0.39 is 69.4 Å². The number of fused-ring (bicyclic) bond motifs is 3. The first-order valence-corrected chi connectivity index (χ1v) is 18.1. The van der Waals surface area contributed by atoms with E-state index in [0.717, 1.165) is 29.8 Å². The summed E-state index contributed by atoms with van der Waals surface area (Å²) in [7, 11) is 2.06. The number of oxime groups is 1. The number of aromatic hydroxyl groups is 2. The molecule has 4 aliphatic rings. The number of anilines is 1. The summed E-state index contributed by atoms with van der Waals surface area (Å²) in [6, 6.07) is -0.807. The highest BCUT2D eigenvalue weighted by Gasteiger charge is 2.56. The van der Waals surface area contributed by atoms with Crippen LogP contribution < -0.4 is 16.4 Å². The van der Waals surface area contributed by atoms with Gasteiger partial charge in [0.25, 0.3) is 17.7 Å². The number of thioether (sulfide) groups is 1. The van der Waals surface area contributed by atoms with Gasteiger partial charge in [0.1, 0.15) is 23.7 Å². The Morgan fingerprint density at radius 1 is 1.19 bits per heavy atom. The maximum absolute atomic E-state index is 14.5. The fourth-order valence-corrected chi connectivity index (χ4v) is 9.19. The van der Waals surface area contributed by atoms with Gasteiger partial charge < -0.3 is 41.0 Å². The number of halogens is 2. The van der Waals surface area contributed by atoms with E-state index in [1.54, 1.807) is 0 Å². The predicted octanol–water partition coefficient (Wildman–Crippen LogP) is 1.42. The minimum absolute atomic E-state index is 0.0209. The van der Waals surface area contributed by atoms with Crippen LogP contribution in [0.3, 0.4) is 0 Å². The fraction of sp³-hybridized carbons (Fsp3) is 0.469. The third-order valence-electron chi connectivity index (χ3n) is 10.2. The first-order valence-electron chi connectivity index (χ1n) is 16.2. The summed E-state index contributed by atoms with van der Waals surface area (Å²) in [4.78, 5) is 74.3. The Hall–Kier alpha value is -4.82. The van der Waals surface area contributed by atoms with E-state index in [4.69, 9.17) is 10.6 Å². The first-order chi connectivity index (χ1) is 24.5. The number of phenolic OH excluding ortho intramolecular Hbond substituents is 2. The SMILES string of the molecule is CC(C)(O/N=C(\C(=O)N[C@@H]1C(=O)N2C(C=O)=C(C[N@+]3(C)[C@@H]4CC[C@H]3C[C@@H](NC(=O)c3cc(F)c(O)c(O)c3F)C4)CS[C@H]12)c1csc(N)n1)C(=O)O. The van der Waals surface area contributed by atoms with Gasteiger partial charge in [-0.15, -0.1) is 23.1 Å². The second kappa shape index (κ2) is 13.6.